The van der Waals surface area contributed by atoms with Crippen LogP contribution in [0.3, 0.4) is 0 Å². The number of hydrogen-bond acceptors (Lipinski definition) is 3. The number of nitrogens with zero attached hydrogens (tertiary/aromatic N) is 1. The number of anilines is 2. The van der Waals surface area contributed by atoms with Gasteiger partial charge in [0.15, 0.2) is 0 Å². The van der Waals surface area contributed by atoms with E-state index in [-0.39, 0.29) is 0 Å². The molecule has 5 N–H and O–H groups in total. The van der Waals surface area contributed by atoms with Crippen molar-refractivity contribution in [1.29, 1.82) is 0 Å². The largest absolute Gasteiger partial charge is 0.464 e. The van der Waals surface area contributed by atoms with Crippen molar-refractivity contribution in [2.75, 3.05) is 10.7 Å². The quantitative estimate of drug-likeness (QED) is 0.247. The highest BCUT2D eigenvalue weighted by atomic mass is 16.4. The number of carboxylic acid groups (broad SMARTS) is 1. The zero-order valence-electron chi connectivity index (χ0n) is 6.27. The van der Waals surface area contributed by atoms with E-state index in [0.29, 0.717) is 16.4 Å². The van der Waals surface area contributed by atoms with E-state index >= 15 is 0 Å². The first-order chi connectivity index (χ1) is 5.61. The summed E-state index contributed by atoms with van der Waals surface area (Å²) in [5.41, 5.74) is 6.25. The van der Waals surface area contributed by atoms with Crippen LogP contribution in [0.5, 0.6) is 0 Å². The summed E-state index contributed by atoms with van der Waals surface area (Å²) in [6, 6.07) is 6.32. The Morgan fingerprint density at radius 1 is 1.50 bits per heavy atom. The maximum atomic E-state index is 10.4. The molecule has 0 aliphatic heterocycles. The van der Waals surface area contributed by atoms with Gasteiger partial charge >= 0.3 is 6.09 Å². The van der Waals surface area contributed by atoms with Crippen molar-refractivity contribution in [3.8, 4) is 0 Å². The smallest absolute Gasteiger partial charge is 0.426 e. The minimum absolute atomic E-state index is 0.350. The topological polar surface area (TPSA) is 92.6 Å². The molecule has 0 spiro atoms. The lowest BCUT2D eigenvalue weighted by molar-refractivity contribution is 0.202. The predicted octanol–water partition coefficient (Wildman–Crippen LogP) is 0.627. The van der Waals surface area contributed by atoms with Crippen LogP contribution in [0.25, 0.3) is 0 Å². The van der Waals surface area contributed by atoms with Crippen molar-refractivity contribution >= 4 is 17.5 Å². The maximum absolute atomic E-state index is 10.4. The van der Waals surface area contributed by atoms with Crippen molar-refractivity contribution in [1.82, 2.24) is 0 Å². The zero-order valence-corrected chi connectivity index (χ0v) is 6.27. The first-order valence-electron chi connectivity index (χ1n) is 3.24. The summed E-state index contributed by atoms with van der Waals surface area (Å²) in [6.45, 7) is 0. The number of nitrogens with two attached hydrogens (primary N) is 2. The fraction of sp³-hybridized carbons (Fsp3) is 0. The Bertz CT molecular complexity index is 300. The monoisotopic (exact) mass is 167 g/mol. The molecular formula is C7H9N3O2. The van der Waals surface area contributed by atoms with Gasteiger partial charge in [0.05, 0.1) is 5.69 Å². The summed E-state index contributed by atoms with van der Waals surface area (Å²) in [5, 5.41) is 9.09. The Hall–Kier alpha value is -1.75. The molecule has 0 aliphatic rings. The molecule has 1 aromatic carbocycles. The molecule has 12 heavy (non-hydrogen) atoms. The molecule has 0 unspecified atom stereocenters. The fourth-order valence-corrected chi connectivity index (χ4v) is 0.785. The van der Waals surface area contributed by atoms with Gasteiger partial charge in [0.2, 0.25) is 0 Å². The molecule has 0 saturated carbocycles. The molecule has 64 valence electrons. The van der Waals surface area contributed by atoms with E-state index in [0.717, 1.165) is 0 Å². The minimum atomic E-state index is -1.22. The third-order valence-electron chi connectivity index (χ3n) is 1.35. The summed E-state index contributed by atoms with van der Waals surface area (Å²) in [7, 11) is 0. The molecule has 0 bridgehead atoms. The predicted molar refractivity (Wildman–Crippen MR) is 45.5 cm³/mol. The lowest BCUT2D eigenvalue weighted by Gasteiger charge is -2.11. The summed E-state index contributed by atoms with van der Waals surface area (Å²) in [5.74, 6) is 5.18. The molecular weight excluding hydrogens is 158 g/mol. The van der Waals surface area contributed by atoms with Gasteiger partial charge in [-0.05, 0) is 18.2 Å². The molecule has 0 radical (unpaired) electrons. The van der Waals surface area contributed by atoms with Crippen LogP contribution in [0.4, 0.5) is 16.2 Å². The highest BCUT2D eigenvalue weighted by Gasteiger charge is 2.08. The standard InChI is InChI=1S/C7H9N3O2/c8-5-2-1-3-6(4-5)10(9)7(11)12/h1-4H,8-9H2,(H,11,12). The maximum Gasteiger partial charge on any atom is 0.426 e. The fourth-order valence-electron chi connectivity index (χ4n) is 0.785. The number of rotatable bonds is 1. The van der Waals surface area contributed by atoms with Gasteiger partial charge in [0.25, 0.3) is 0 Å². The van der Waals surface area contributed by atoms with E-state index in [1.54, 1.807) is 18.2 Å². The SMILES string of the molecule is Nc1cccc(N(N)C(=O)O)c1. The van der Waals surface area contributed by atoms with Gasteiger partial charge in [0.1, 0.15) is 0 Å². The van der Waals surface area contributed by atoms with Crippen LogP contribution >= 0.6 is 0 Å². The average Bonchev–Trinajstić information content (AvgIpc) is 2.03. The Balaban J connectivity index is 2.95. The molecule has 1 amide bonds. The summed E-state index contributed by atoms with van der Waals surface area (Å²) in [6.07, 6.45) is -1.22. The summed E-state index contributed by atoms with van der Waals surface area (Å²) >= 11 is 0. The number of nitrogen functional groups attached to an aromatic ring is 1. The van der Waals surface area contributed by atoms with E-state index in [9.17, 15) is 4.79 Å². The first kappa shape index (κ1) is 8.35. The van der Waals surface area contributed by atoms with Gasteiger partial charge < -0.3 is 10.8 Å². The van der Waals surface area contributed by atoms with Gasteiger partial charge in [-0.15, -0.1) is 0 Å². The van der Waals surface area contributed by atoms with Crippen LogP contribution in [-0.2, 0) is 0 Å². The molecule has 0 aliphatic carbocycles. The number of hydrazine groups is 1. The Morgan fingerprint density at radius 3 is 2.67 bits per heavy atom. The molecule has 5 nitrogen and oxygen atoms in total. The van der Waals surface area contributed by atoms with Gasteiger partial charge in [-0.1, -0.05) is 6.07 Å². The molecule has 0 saturated heterocycles. The molecule has 1 aromatic rings. The van der Waals surface area contributed by atoms with Crippen molar-refractivity contribution in [3.05, 3.63) is 24.3 Å². The van der Waals surface area contributed by atoms with Crippen LogP contribution in [0, 0.1) is 0 Å². The molecule has 0 heterocycles. The Labute approximate surface area is 69.2 Å². The van der Waals surface area contributed by atoms with Crippen molar-refractivity contribution in [2.24, 2.45) is 5.84 Å². The Morgan fingerprint density at radius 2 is 2.17 bits per heavy atom. The molecule has 0 aromatic heterocycles. The van der Waals surface area contributed by atoms with Crippen LogP contribution in [0.2, 0.25) is 0 Å². The van der Waals surface area contributed by atoms with Gasteiger partial charge in [0, 0.05) is 5.69 Å². The zero-order chi connectivity index (χ0) is 9.14. The lowest BCUT2D eigenvalue weighted by atomic mass is 10.3. The van der Waals surface area contributed by atoms with Gasteiger partial charge in [-0.25, -0.2) is 15.6 Å². The van der Waals surface area contributed by atoms with Gasteiger partial charge in [-0.2, -0.15) is 0 Å². The second kappa shape index (κ2) is 3.10. The van der Waals surface area contributed by atoms with E-state index in [1.165, 1.54) is 6.07 Å². The Kier molecular flexibility index (Phi) is 2.16. The molecule has 1 rings (SSSR count). The molecule has 0 atom stereocenters. The number of carbonyl (C=O) groups is 1. The highest BCUT2D eigenvalue weighted by Crippen LogP contribution is 2.14. The molecule has 0 fully saturated rings. The van der Waals surface area contributed by atoms with Crippen LogP contribution in [0.15, 0.2) is 24.3 Å². The average molecular weight is 167 g/mol. The van der Waals surface area contributed by atoms with Crippen molar-refractivity contribution in [3.63, 3.8) is 0 Å². The highest BCUT2D eigenvalue weighted by molar-refractivity contribution is 5.85. The van der Waals surface area contributed by atoms with E-state index < -0.39 is 6.09 Å². The second-order valence-electron chi connectivity index (χ2n) is 2.25. The third-order valence-corrected chi connectivity index (χ3v) is 1.35. The first-order valence-corrected chi connectivity index (χ1v) is 3.24. The van der Waals surface area contributed by atoms with E-state index in [2.05, 4.69) is 0 Å². The van der Waals surface area contributed by atoms with Crippen molar-refractivity contribution < 1.29 is 9.90 Å². The number of hydrogen-bond donors (Lipinski definition) is 3. The normalized spacial score (nSPS) is 9.42. The minimum Gasteiger partial charge on any atom is -0.464 e. The van der Waals surface area contributed by atoms with Gasteiger partial charge in [-0.3, -0.25) is 0 Å². The lowest BCUT2D eigenvalue weighted by Crippen LogP contribution is -2.35. The third kappa shape index (κ3) is 1.64. The van der Waals surface area contributed by atoms with Crippen LogP contribution in [0.1, 0.15) is 0 Å². The molecule has 5 heteroatoms. The number of amides is 1. The summed E-state index contributed by atoms with van der Waals surface area (Å²) < 4.78 is 0. The van der Waals surface area contributed by atoms with E-state index in [4.69, 9.17) is 16.7 Å². The van der Waals surface area contributed by atoms with Crippen LogP contribution < -0.4 is 16.6 Å². The van der Waals surface area contributed by atoms with Crippen LogP contribution in [-0.4, -0.2) is 11.2 Å². The summed E-state index contributed by atoms with van der Waals surface area (Å²) in [4.78, 5) is 10.4. The van der Waals surface area contributed by atoms with Crippen molar-refractivity contribution in [2.45, 2.75) is 0 Å². The second-order valence-corrected chi connectivity index (χ2v) is 2.25. The van der Waals surface area contributed by atoms with E-state index in [1.807, 2.05) is 0 Å². The number of benzene rings is 1.